The number of halogens is 5. The summed E-state index contributed by atoms with van der Waals surface area (Å²) in [7, 11) is 0. The van der Waals surface area contributed by atoms with Crippen molar-refractivity contribution in [2.75, 3.05) is 13.1 Å². The Balaban J connectivity index is 2.15. The van der Waals surface area contributed by atoms with Gasteiger partial charge in [-0.15, -0.1) is 13.2 Å². The molecule has 0 spiro atoms. The highest BCUT2D eigenvalue weighted by atomic mass is 79.9. The smallest absolute Gasteiger partial charge is 0.405 e. The van der Waals surface area contributed by atoms with E-state index >= 15 is 0 Å². The fraction of sp³-hybridized carbons (Fsp3) is 0.500. The van der Waals surface area contributed by atoms with Gasteiger partial charge in [-0.05, 0) is 24.6 Å². The van der Waals surface area contributed by atoms with Crippen LogP contribution in [-0.4, -0.2) is 30.5 Å². The van der Waals surface area contributed by atoms with Gasteiger partial charge in [0.1, 0.15) is 11.9 Å². The van der Waals surface area contributed by atoms with E-state index in [2.05, 4.69) is 20.7 Å². The lowest BCUT2D eigenvalue weighted by Crippen LogP contribution is -2.23. The third-order valence-electron chi connectivity index (χ3n) is 2.86. The molecule has 1 fully saturated rings. The summed E-state index contributed by atoms with van der Waals surface area (Å²) in [4.78, 5) is 1.77. The van der Waals surface area contributed by atoms with Crippen LogP contribution >= 0.6 is 15.9 Å². The zero-order valence-electron chi connectivity index (χ0n) is 9.88. The van der Waals surface area contributed by atoms with Gasteiger partial charge in [0, 0.05) is 29.7 Å². The van der Waals surface area contributed by atoms with Crippen molar-refractivity contribution >= 4 is 15.9 Å². The Morgan fingerprint density at radius 3 is 2.68 bits per heavy atom. The third-order valence-corrected chi connectivity index (χ3v) is 3.35. The quantitative estimate of drug-likeness (QED) is 0.773. The minimum absolute atomic E-state index is 0.238. The van der Waals surface area contributed by atoms with Gasteiger partial charge in [0.15, 0.2) is 0 Å². The van der Waals surface area contributed by atoms with Gasteiger partial charge in [-0.1, -0.05) is 15.9 Å². The molecule has 0 saturated carbocycles. The zero-order valence-corrected chi connectivity index (χ0v) is 11.5. The molecule has 1 aliphatic rings. The molecule has 0 unspecified atom stereocenters. The molecule has 0 N–H and O–H groups in total. The van der Waals surface area contributed by atoms with Crippen LogP contribution in [0.3, 0.4) is 0 Å². The van der Waals surface area contributed by atoms with Crippen LogP contribution in [0.1, 0.15) is 12.0 Å². The first-order valence-electron chi connectivity index (χ1n) is 5.74. The summed E-state index contributed by atoms with van der Waals surface area (Å²) in [6.07, 6.45) is -5.21. The Labute approximate surface area is 116 Å². The van der Waals surface area contributed by atoms with Gasteiger partial charge in [0.05, 0.1) is 0 Å². The summed E-state index contributed by atoms with van der Waals surface area (Å²) in [5.74, 6) is -0.238. The first kappa shape index (κ1) is 14.6. The molecule has 1 saturated heterocycles. The molecule has 1 aromatic rings. The summed E-state index contributed by atoms with van der Waals surface area (Å²) < 4.78 is 54.6. The lowest BCUT2D eigenvalue weighted by atomic mass is 10.2. The standard InChI is InChI=1S/C12H12BrF4NO/c13-9-1-2-11(19-12(15,16)17)8(5-9)6-18-4-3-10(14)7-18/h1-2,5,10H,3-4,6-7H2/t10-/m0/s1. The predicted octanol–water partition coefficient (Wildman–Crippen LogP) is 3.89. The van der Waals surface area contributed by atoms with E-state index in [9.17, 15) is 17.6 Å². The predicted molar refractivity (Wildman–Crippen MR) is 65.6 cm³/mol. The topological polar surface area (TPSA) is 12.5 Å². The van der Waals surface area contributed by atoms with E-state index in [0.717, 1.165) is 0 Å². The maximum absolute atomic E-state index is 13.1. The van der Waals surface area contributed by atoms with Gasteiger partial charge >= 0.3 is 6.36 Å². The normalized spacial score (nSPS) is 20.8. The van der Waals surface area contributed by atoms with Crippen LogP contribution in [0.2, 0.25) is 0 Å². The lowest BCUT2D eigenvalue weighted by molar-refractivity contribution is -0.275. The summed E-state index contributed by atoms with van der Waals surface area (Å²) in [6.45, 7) is 1.03. The number of alkyl halides is 4. The molecular weight excluding hydrogens is 330 g/mol. The summed E-state index contributed by atoms with van der Waals surface area (Å²) >= 11 is 3.21. The van der Waals surface area contributed by atoms with Gasteiger partial charge in [0.2, 0.25) is 0 Å². The molecule has 1 atom stereocenters. The highest BCUT2D eigenvalue weighted by Crippen LogP contribution is 2.30. The van der Waals surface area contributed by atoms with Gasteiger partial charge in [-0.2, -0.15) is 0 Å². The van der Waals surface area contributed by atoms with Crippen LogP contribution in [0.15, 0.2) is 22.7 Å². The van der Waals surface area contributed by atoms with Crippen molar-refractivity contribution in [1.82, 2.24) is 4.90 Å². The van der Waals surface area contributed by atoms with Crippen LogP contribution in [0, 0.1) is 0 Å². The van der Waals surface area contributed by atoms with Crippen LogP contribution in [0.5, 0.6) is 5.75 Å². The molecule has 7 heteroatoms. The SMILES string of the molecule is F[C@H]1CCN(Cc2cc(Br)ccc2OC(F)(F)F)C1. The fourth-order valence-electron chi connectivity index (χ4n) is 2.07. The second-order valence-corrected chi connectivity index (χ2v) is 5.34. The van der Waals surface area contributed by atoms with Crippen molar-refractivity contribution in [2.45, 2.75) is 25.5 Å². The lowest BCUT2D eigenvalue weighted by Gasteiger charge is -2.18. The minimum Gasteiger partial charge on any atom is -0.405 e. The minimum atomic E-state index is -4.73. The maximum Gasteiger partial charge on any atom is 0.573 e. The molecule has 1 aliphatic heterocycles. The van der Waals surface area contributed by atoms with Crippen molar-refractivity contribution in [1.29, 1.82) is 0 Å². The number of rotatable bonds is 3. The number of hydrogen-bond acceptors (Lipinski definition) is 2. The Kier molecular flexibility index (Phi) is 4.35. The van der Waals surface area contributed by atoms with Gasteiger partial charge < -0.3 is 4.74 Å². The molecule has 1 heterocycles. The van der Waals surface area contributed by atoms with Gasteiger partial charge in [-0.25, -0.2) is 4.39 Å². The molecule has 0 aromatic heterocycles. The van der Waals surface area contributed by atoms with Gasteiger partial charge in [0.25, 0.3) is 0 Å². The third kappa shape index (κ3) is 4.35. The number of hydrogen-bond donors (Lipinski definition) is 0. The second-order valence-electron chi connectivity index (χ2n) is 4.42. The summed E-state index contributed by atoms with van der Waals surface area (Å²) in [5.41, 5.74) is 0.390. The zero-order chi connectivity index (χ0) is 14.0. The monoisotopic (exact) mass is 341 g/mol. The second kappa shape index (κ2) is 5.66. The largest absolute Gasteiger partial charge is 0.573 e. The van der Waals surface area contributed by atoms with E-state index in [4.69, 9.17) is 0 Å². The van der Waals surface area contributed by atoms with Crippen molar-refractivity contribution in [3.05, 3.63) is 28.2 Å². The van der Waals surface area contributed by atoms with Crippen molar-refractivity contribution < 1.29 is 22.3 Å². The van der Waals surface area contributed by atoms with Crippen LogP contribution in [-0.2, 0) is 6.54 Å². The molecule has 2 rings (SSSR count). The highest BCUT2D eigenvalue weighted by molar-refractivity contribution is 9.10. The van der Waals surface area contributed by atoms with Crippen LogP contribution < -0.4 is 4.74 Å². The van der Waals surface area contributed by atoms with E-state index in [1.807, 2.05) is 0 Å². The van der Waals surface area contributed by atoms with E-state index in [0.29, 0.717) is 23.0 Å². The Morgan fingerprint density at radius 1 is 1.37 bits per heavy atom. The highest BCUT2D eigenvalue weighted by Gasteiger charge is 2.32. The van der Waals surface area contributed by atoms with Crippen LogP contribution in [0.25, 0.3) is 0 Å². The molecule has 0 amide bonds. The fourth-order valence-corrected chi connectivity index (χ4v) is 2.47. The summed E-state index contributed by atoms with van der Waals surface area (Å²) in [5, 5.41) is 0. The van der Waals surface area contributed by atoms with Gasteiger partial charge in [-0.3, -0.25) is 4.90 Å². The molecule has 0 bridgehead atoms. The van der Waals surface area contributed by atoms with E-state index in [1.165, 1.54) is 12.1 Å². The molecule has 0 aliphatic carbocycles. The Hall–Kier alpha value is -0.820. The molecule has 0 radical (unpaired) electrons. The first-order valence-corrected chi connectivity index (χ1v) is 6.53. The molecular formula is C12H12BrF4NO. The molecule has 106 valence electrons. The maximum atomic E-state index is 13.1. The number of nitrogens with zero attached hydrogens (tertiary/aromatic N) is 1. The number of ether oxygens (including phenoxy) is 1. The van der Waals surface area contributed by atoms with E-state index in [-0.39, 0.29) is 18.8 Å². The van der Waals surface area contributed by atoms with Crippen LogP contribution in [0.4, 0.5) is 17.6 Å². The van der Waals surface area contributed by atoms with E-state index in [1.54, 1.807) is 11.0 Å². The molecule has 19 heavy (non-hydrogen) atoms. The number of benzene rings is 1. The van der Waals surface area contributed by atoms with Crippen molar-refractivity contribution in [3.8, 4) is 5.75 Å². The summed E-state index contributed by atoms with van der Waals surface area (Å²) in [6, 6.07) is 4.30. The Bertz CT molecular complexity index is 452. The van der Waals surface area contributed by atoms with E-state index < -0.39 is 12.5 Å². The number of likely N-dealkylation sites (tertiary alicyclic amines) is 1. The molecule has 1 aromatic carbocycles. The van der Waals surface area contributed by atoms with Crippen molar-refractivity contribution in [3.63, 3.8) is 0 Å². The van der Waals surface area contributed by atoms with Crippen molar-refractivity contribution in [2.24, 2.45) is 0 Å². The average molecular weight is 342 g/mol. The molecule has 2 nitrogen and oxygen atoms in total. The average Bonchev–Trinajstić information content (AvgIpc) is 2.66. The Morgan fingerprint density at radius 2 is 2.11 bits per heavy atom. The first-order chi connectivity index (χ1) is 8.83.